The minimum Gasteiger partial charge on any atom is -0.268 e. The molecule has 5 nitrogen and oxygen atoms in total. The molecule has 0 atom stereocenters. The van der Waals surface area contributed by atoms with Gasteiger partial charge >= 0.3 is 0 Å². The minimum atomic E-state index is -3.71. The Morgan fingerprint density at radius 2 is 1.62 bits per heavy atom. The Hall–Kier alpha value is -2.60. The normalized spacial score (nSPS) is 17.4. The first-order valence-corrected chi connectivity index (χ1v) is 11.8. The summed E-state index contributed by atoms with van der Waals surface area (Å²) in [5.74, 6) is 0. The van der Waals surface area contributed by atoms with Gasteiger partial charge in [-0.05, 0) is 37.3 Å². The van der Waals surface area contributed by atoms with Crippen LogP contribution in [0.3, 0.4) is 0 Å². The van der Waals surface area contributed by atoms with Crippen molar-refractivity contribution in [3.8, 4) is 11.3 Å². The van der Waals surface area contributed by atoms with Crippen molar-refractivity contribution in [1.82, 2.24) is 9.78 Å². The number of fused-ring (bicyclic) bond motifs is 1. The molecule has 0 amide bonds. The highest BCUT2D eigenvalue weighted by atomic mass is 32.2. The predicted molar refractivity (Wildman–Crippen MR) is 114 cm³/mol. The van der Waals surface area contributed by atoms with E-state index in [1.165, 1.54) is 12.8 Å². The van der Waals surface area contributed by atoms with Crippen LogP contribution in [0.15, 0.2) is 65.7 Å². The average Bonchev–Trinajstić information content (AvgIpc) is 3.44. The summed E-state index contributed by atoms with van der Waals surface area (Å²) >= 11 is 0. The molecule has 5 rings (SSSR count). The van der Waals surface area contributed by atoms with E-state index in [1.807, 2.05) is 59.3 Å². The van der Waals surface area contributed by atoms with Crippen molar-refractivity contribution in [3.05, 3.63) is 66.4 Å². The lowest BCUT2D eigenvalue weighted by atomic mass is 10.0. The van der Waals surface area contributed by atoms with Gasteiger partial charge in [0.05, 0.1) is 11.7 Å². The zero-order chi connectivity index (χ0) is 19.8. The molecule has 1 saturated carbocycles. The Balaban J connectivity index is 1.65. The smallest absolute Gasteiger partial charge is 0.268 e. The summed E-state index contributed by atoms with van der Waals surface area (Å²) in [6, 6.07) is 17.8. The maximum atomic E-state index is 13.8. The van der Waals surface area contributed by atoms with E-state index in [9.17, 15) is 8.42 Å². The van der Waals surface area contributed by atoms with Crippen LogP contribution in [0.4, 0.5) is 5.69 Å². The van der Waals surface area contributed by atoms with Crippen LogP contribution in [0, 0.1) is 0 Å². The summed E-state index contributed by atoms with van der Waals surface area (Å²) in [7, 11) is -3.71. The molecule has 1 aliphatic carbocycles. The van der Waals surface area contributed by atoms with E-state index in [4.69, 9.17) is 5.10 Å². The van der Waals surface area contributed by atoms with E-state index in [1.54, 1.807) is 10.5 Å². The minimum absolute atomic E-state index is 0.287. The lowest BCUT2D eigenvalue weighted by Gasteiger charge is -2.30. The third kappa shape index (κ3) is 3.25. The van der Waals surface area contributed by atoms with Gasteiger partial charge in [-0.3, -0.25) is 8.99 Å². The Morgan fingerprint density at radius 1 is 0.897 bits per heavy atom. The fourth-order valence-electron chi connectivity index (χ4n) is 4.58. The molecule has 3 aromatic rings. The number of anilines is 1. The molecule has 150 valence electrons. The van der Waals surface area contributed by atoms with Gasteiger partial charge in [-0.25, -0.2) is 8.42 Å². The molecule has 29 heavy (non-hydrogen) atoms. The van der Waals surface area contributed by atoms with Crippen LogP contribution in [0.5, 0.6) is 0 Å². The lowest BCUT2D eigenvalue weighted by molar-refractivity contribution is 0.467. The quantitative estimate of drug-likeness (QED) is 0.624. The molecule has 0 saturated heterocycles. The highest BCUT2D eigenvalue weighted by Crippen LogP contribution is 2.37. The third-order valence-electron chi connectivity index (χ3n) is 6.08. The summed E-state index contributed by atoms with van der Waals surface area (Å²) in [5, 5.41) is 4.79. The third-order valence-corrected chi connectivity index (χ3v) is 7.89. The Labute approximate surface area is 172 Å². The second-order valence-corrected chi connectivity index (χ2v) is 9.77. The zero-order valence-corrected chi connectivity index (χ0v) is 17.2. The number of rotatable bonds is 4. The Morgan fingerprint density at radius 3 is 2.41 bits per heavy atom. The Kier molecular flexibility index (Phi) is 4.66. The number of para-hydroxylation sites is 1. The van der Waals surface area contributed by atoms with E-state index in [2.05, 4.69) is 0 Å². The predicted octanol–water partition coefficient (Wildman–Crippen LogP) is 4.81. The summed E-state index contributed by atoms with van der Waals surface area (Å²) in [4.78, 5) is 0.312. The lowest BCUT2D eigenvalue weighted by Crippen LogP contribution is -2.35. The molecule has 0 radical (unpaired) electrons. The van der Waals surface area contributed by atoms with Crippen molar-refractivity contribution >= 4 is 15.7 Å². The number of hydrogen-bond donors (Lipinski definition) is 0. The fraction of sp³-hybridized carbons (Fsp3) is 0.348. The largest absolute Gasteiger partial charge is 0.268 e. The van der Waals surface area contributed by atoms with E-state index >= 15 is 0 Å². The van der Waals surface area contributed by atoms with E-state index in [0.29, 0.717) is 17.1 Å². The Bertz CT molecular complexity index is 1120. The van der Waals surface area contributed by atoms with Crippen molar-refractivity contribution < 1.29 is 8.42 Å². The van der Waals surface area contributed by atoms with Crippen LogP contribution in [0.25, 0.3) is 11.3 Å². The molecule has 0 unspecified atom stereocenters. The first-order chi connectivity index (χ1) is 14.1. The molecule has 0 spiro atoms. The summed E-state index contributed by atoms with van der Waals surface area (Å²) in [6.45, 7) is 0.502. The molecule has 1 fully saturated rings. The molecular weight excluding hydrogens is 382 g/mol. The van der Waals surface area contributed by atoms with Gasteiger partial charge in [0.25, 0.3) is 10.0 Å². The van der Waals surface area contributed by atoms with Crippen LogP contribution >= 0.6 is 0 Å². The first-order valence-electron chi connectivity index (χ1n) is 10.4. The van der Waals surface area contributed by atoms with E-state index in [0.717, 1.165) is 42.5 Å². The first kappa shape index (κ1) is 18.4. The number of nitrogens with zero attached hydrogens (tertiary/aromatic N) is 3. The second kappa shape index (κ2) is 7.34. The SMILES string of the molecule is O=S(=O)(c1cn(C2CCCC2)nc1-c1ccccc1)N1CCCc2ccccc21. The fourth-order valence-corrected chi connectivity index (χ4v) is 6.27. The van der Waals surface area contributed by atoms with Crippen LogP contribution in [-0.4, -0.2) is 24.7 Å². The number of hydrogen-bond acceptors (Lipinski definition) is 3. The zero-order valence-electron chi connectivity index (χ0n) is 16.4. The van der Waals surface area contributed by atoms with Gasteiger partial charge in [0, 0.05) is 18.3 Å². The van der Waals surface area contributed by atoms with Gasteiger partial charge < -0.3 is 0 Å². The summed E-state index contributed by atoms with van der Waals surface area (Å²) < 4.78 is 31.2. The van der Waals surface area contributed by atoms with E-state index in [-0.39, 0.29) is 6.04 Å². The molecule has 0 N–H and O–H groups in total. The van der Waals surface area contributed by atoms with Crippen molar-refractivity contribution in [1.29, 1.82) is 0 Å². The highest BCUT2D eigenvalue weighted by Gasteiger charge is 2.34. The summed E-state index contributed by atoms with van der Waals surface area (Å²) in [6.07, 6.45) is 7.97. The molecule has 0 bridgehead atoms. The van der Waals surface area contributed by atoms with E-state index < -0.39 is 10.0 Å². The number of aryl methyl sites for hydroxylation is 1. The van der Waals surface area contributed by atoms with Gasteiger partial charge in [0.2, 0.25) is 0 Å². The van der Waals surface area contributed by atoms with Gasteiger partial charge in [0.1, 0.15) is 10.6 Å². The van der Waals surface area contributed by atoms with Crippen LogP contribution in [0.2, 0.25) is 0 Å². The molecule has 2 heterocycles. The van der Waals surface area contributed by atoms with Crippen LogP contribution in [-0.2, 0) is 16.4 Å². The van der Waals surface area contributed by atoms with Gasteiger partial charge in [-0.1, -0.05) is 61.4 Å². The molecule has 2 aromatic carbocycles. The average molecular weight is 408 g/mol. The number of benzene rings is 2. The van der Waals surface area contributed by atoms with Crippen molar-refractivity contribution in [2.24, 2.45) is 0 Å². The van der Waals surface area contributed by atoms with Gasteiger partial charge in [-0.15, -0.1) is 0 Å². The highest BCUT2D eigenvalue weighted by molar-refractivity contribution is 7.93. The van der Waals surface area contributed by atoms with Crippen molar-refractivity contribution in [2.45, 2.75) is 49.5 Å². The van der Waals surface area contributed by atoms with Gasteiger partial charge in [0.15, 0.2) is 0 Å². The number of sulfonamides is 1. The van der Waals surface area contributed by atoms with Crippen molar-refractivity contribution in [2.75, 3.05) is 10.8 Å². The maximum absolute atomic E-state index is 13.8. The molecule has 2 aliphatic rings. The van der Waals surface area contributed by atoms with Crippen LogP contribution in [0.1, 0.15) is 43.7 Å². The second-order valence-electron chi connectivity index (χ2n) is 7.94. The monoisotopic (exact) mass is 407 g/mol. The molecule has 1 aromatic heterocycles. The standard InChI is InChI=1S/C23H25N3O2S/c27-29(28,26-16-8-12-18-9-4-7-15-21(18)26)22-17-25(20-13-5-6-14-20)24-23(22)19-10-2-1-3-11-19/h1-4,7,9-11,15,17,20H,5-6,8,12-14,16H2. The van der Waals surface area contributed by atoms with Crippen LogP contribution < -0.4 is 4.31 Å². The molecule has 6 heteroatoms. The van der Waals surface area contributed by atoms with Crippen molar-refractivity contribution in [3.63, 3.8) is 0 Å². The number of aromatic nitrogens is 2. The van der Waals surface area contributed by atoms with Gasteiger partial charge in [-0.2, -0.15) is 5.10 Å². The molecule has 1 aliphatic heterocycles. The molecular formula is C23H25N3O2S. The maximum Gasteiger partial charge on any atom is 0.268 e. The topological polar surface area (TPSA) is 55.2 Å². The summed E-state index contributed by atoms with van der Waals surface area (Å²) in [5.41, 5.74) is 3.28.